The van der Waals surface area contributed by atoms with Crippen LogP contribution in [0.3, 0.4) is 0 Å². The molecule has 1 aromatic carbocycles. The average molecular weight is 271 g/mol. The van der Waals surface area contributed by atoms with E-state index in [1.54, 1.807) is 0 Å². The fourth-order valence-corrected chi connectivity index (χ4v) is 3.36. The maximum absolute atomic E-state index is 4.71. The van der Waals surface area contributed by atoms with Gasteiger partial charge < -0.3 is 5.32 Å². The molecule has 0 fully saturated rings. The Hall–Kier alpha value is -1.55. The molecule has 3 nitrogen and oxygen atoms in total. The Labute approximate surface area is 117 Å². The molecule has 98 valence electrons. The van der Waals surface area contributed by atoms with E-state index in [0.29, 0.717) is 0 Å². The number of aromatic nitrogens is 2. The minimum absolute atomic E-state index is 0.899. The smallest absolute Gasteiger partial charge is 0.133 e. The first-order valence-electron chi connectivity index (χ1n) is 6.55. The highest BCUT2D eigenvalue weighted by atomic mass is 32.2. The van der Waals surface area contributed by atoms with Crippen LogP contribution in [0.4, 0.5) is 5.82 Å². The summed E-state index contributed by atoms with van der Waals surface area (Å²) in [4.78, 5) is 9.35. The maximum Gasteiger partial charge on any atom is 0.133 e. The third kappa shape index (κ3) is 2.73. The summed E-state index contributed by atoms with van der Waals surface area (Å²) in [6.45, 7) is 0. The van der Waals surface area contributed by atoms with Gasteiger partial charge in [0.05, 0.1) is 5.69 Å². The van der Waals surface area contributed by atoms with E-state index in [0.717, 1.165) is 36.0 Å². The predicted molar refractivity (Wildman–Crippen MR) is 80.4 cm³/mol. The van der Waals surface area contributed by atoms with Crippen LogP contribution in [0.5, 0.6) is 0 Å². The second-order valence-electron chi connectivity index (χ2n) is 4.64. The number of nitrogens with zero attached hydrogens (tertiary/aromatic N) is 2. The van der Waals surface area contributed by atoms with Crippen LogP contribution in [0, 0.1) is 0 Å². The Balaban J connectivity index is 1.78. The van der Waals surface area contributed by atoms with Gasteiger partial charge in [0.1, 0.15) is 11.6 Å². The Morgan fingerprint density at radius 2 is 1.95 bits per heavy atom. The van der Waals surface area contributed by atoms with Gasteiger partial charge in [-0.05, 0) is 12.0 Å². The largest absolute Gasteiger partial charge is 0.373 e. The summed E-state index contributed by atoms with van der Waals surface area (Å²) in [7, 11) is 1.94. The molecule has 1 aliphatic rings. The highest BCUT2D eigenvalue weighted by Gasteiger charge is 2.18. The van der Waals surface area contributed by atoms with E-state index in [-0.39, 0.29) is 0 Å². The lowest BCUT2D eigenvalue weighted by atomic mass is 10.1. The third-order valence-electron chi connectivity index (χ3n) is 3.34. The van der Waals surface area contributed by atoms with Crippen molar-refractivity contribution in [2.45, 2.75) is 24.3 Å². The van der Waals surface area contributed by atoms with Gasteiger partial charge in [0.15, 0.2) is 0 Å². The second kappa shape index (κ2) is 5.61. The van der Waals surface area contributed by atoms with Crippen molar-refractivity contribution in [3.8, 4) is 0 Å². The van der Waals surface area contributed by atoms with E-state index in [9.17, 15) is 0 Å². The zero-order chi connectivity index (χ0) is 13.1. The normalized spacial score (nSPS) is 13.3. The van der Waals surface area contributed by atoms with Crippen LogP contribution in [-0.2, 0) is 24.3 Å². The molecule has 1 aromatic heterocycles. The fraction of sp³-hybridized carbons (Fsp3) is 0.333. The predicted octanol–water partition coefficient (Wildman–Crippen LogP) is 3.05. The van der Waals surface area contributed by atoms with Crippen molar-refractivity contribution < 1.29 is 0 Å². The Morgan fingerprint density at radius 1 is 1.11 bits per heavy atom. The van der Waals surface area contributed by atoms with Crippen molar-refractivity contribution in [3.63, 3.8) is 0 Å². The summed E-state index contributed by atoms with van der Waals surface area (Å²) in [6.07, 6.45) is 1.90. The Kier molecular flexibility index (Phi) is 3.69. The van der Waals surface area contributed by atoms with Crippen LogP contribution >= 0.6 is 11.8 Å². The number of aryl methyl sites for hydroxylation is 2. The van der Waals surface area contributed by atoms with Crippen molar-refractivity contribution in [2.75, 3.05) is 12.4 Å². The standard InChI is InChI=1S/C15H17N3S/c1-16-15-12-9-19-10-13(12)17-14(18-15)8-7-11-5-3-2-4-6-11/h2-6H,7-10H2,1H3,(H,16,17,18). The van der Waals surface area contributed by atoms with Gasteiger partial charge in [-0.25, -0.2) is 9.97 Å². The molecule has 0 bridgehead atoms. The van der Waals surface area contributed by atoms with Crippen LogP contribution in [0.25, 0.3) is 0 Å². The molecule has 19 heavy (non-hydrogen) atoms. The number of thioether (sulfide) groups is 1. The highest BCUT2D eigenvalue weighted by Crippen LogP contribution is 2.32. The highest BCUT2D eigenvalue weighted by molar-refractivity contribution is 7.98. The maximum atomic E-state index is 4.71. The van der Waals surface area contributed by atoms with Gasteiger partial charge in [0.25, 0.3) is 0 Å². The lowest BCUT2D eigenvalue weighted by Gasteiger charge is -2.09. The van der Waals surface area contributed by atoms with Crippen LogP contribution in [0.1, 0.15) is 22.6 Å². The van der Waals surface area contributed by atoms with Gasteiger partial charge in [0, 0.05) is 30.5 Å². The summed E-state index contributed by atoms with van der Waals surface area (Å²) in [5.74, 6) is 4.02. The Bertz CT molecular complexity index is 569. The van der Waals surface area contributed by atoms with Crippen LogP contribution in [0.2, 0.25) is 0 Å². The van der Waals surface area contributed by atoms with E-state index in [4.69, 9.17) is 4.98 Å². The molecule has 2 aromatic rings. The molecule has 0 saturated carbocycles. The van der Waals surface area contributed by atoms with E-state index < -0.39 is 0 Å². The average Bonchev–Trinajstić information content (AvgIpc) is 2.93. The van der Waals surface area contributed by atoms with E-state index in [2.05, 4.69) is 34.6 Å². The molecule has 0 aliphatic carbocycles. The van der Waals surface area contributed by atoms with E-state index in [1.807, 2.05) is 24.9 Å². The lowest BCUT2D eigenvalue weighted by molar-refractivity contribution is 0.842. The van der Waals surface area contributed by atoms with Crippen LogP contribution < -0.4 is 5.32 Å². The molecular formula is C15H17N3S. The summed E-state index contributed by atoms with van der Waals surface area (Å²) in [5, 5.41) is 3.20. The summed E-state index contributed by atoms with van der Waals surface area (Å²) >= 11 is 1.91. The van der Waals surface area contributed by atoms with Gasteiger partial charge >= 0.3 is 0 Å². The van der Waals surface area contributed by atoms with Crippen molar-refractivity contribution in [1.29, 1.82) is 0 Å². The summed E-state index contributed by atoms with van der Waals surface area (Å²) in [5.41, 5.74) is 3.84. The van der Waals surface area contributed by atoms with Crippen molar-refractivity contribution >= 4 is 17.6 Å². The summed E-state index contributed by atoms with van der Waals surface area (Å²) < 4.78 is 0. The van der Waals surface area contributed by atoms with Crippen molar-refractivity contribution in [3.05, 3.63) is 53.0 Å². The number of nitrogens with one attached hydrogen (secondary N) is 1. The number of rotatable bonds is 4. The fourth-order valence-electron chi connectivity index (χ4n) is 2.32. The third-order valence-corrected chi connectivity index (χ3v) is 4.31. The van der Waals surface area contributed by atoms with Gasteiger partial charge in [0.2, 0.25) is 0 Å². The number of anilines is 1. The molecule has 0 saturated heterocycles. The SMILES string of the molecule is CNc1nc(CCc2ccccc2)nc2c1CSC2. The quantitative estimate of drug-likeness (QED) is 0.927. The second-order valence-corrected chi connectivity index (χ2v) is 5.63. The molecule has 4 heteroatoms. The number of fused-ring (bicyclic) bond motifs is 1. The minimum Gasteiger partial charge on any atom is -0.373 e. The number of hydrogen-bond donors (Lipinski definition) is 1. The monoisotopic (exact) mass is 271 g/mol. The zero-order valence-electron chi connectivity index (χ0n) is 11.0. The molecule has 3 rings (SSSR count). The van der Waals surface area contributed by atoms with Gasteiger partial charge in [-0.1, -0.05) is 30.3 Å². The summed E-state index contributed by atoms with van der Waals surface area (Å²) in [6, 6.07) is 10.5. The molecule has 0 amide bonds. The van der Waals surface area contributed by atoms with Gasteiger partial charge in [-0.15, -0.1) is 0 Å². The topological polar surface area (TPSA) is 37.8 Å². The van der Waals surface area contributed by atoms with E-state index >= 15 is 0 Å². The molecule has 0 spiro atoms. The Morgan fingerprint density at radius 3 is 2.74 bits per heavy atom. The van der Waals surface area contributed by atoms with Gasteiger partial charge in [-0.2, -0.15) is 11.8 Å². The first-order valence-corrected chi connectivity index (χ1v) is 7.70. The number of hydrogen-bond acceptors (Lipinski definition) is 4. The molecule has 2 heterocycles. The molecule has 0 radical (unpaired) electrons. The van der Waals surface area contributed by atoms with Crippen LogP contribution in [0.15, 0.2) is 30.3 Å². The van der Waals surface area contributed by atoms with Crippen molar-refractivity contribution in [2.24, 2.45) is 0 Å². The molecule has 0 atom stereocenters. The van der Waals surface area contributed by atoms with Crippen molar-refractivity contribution in [1.82, 2.24) is 9.97 Å². The van der Waals surface area contributed by atoms with Crippen LogP contribution in [-0.4, -0.2) is 17.0 Å². The van der Waals surface area contributed by atoms with Gasteiger partial charge in [-0.3, -0.25) is 0 Å². The minimum atomic E-state index is 0.899. The molecule has 0 unspecified atom stereocenters. The molecule has 1 N–H and O–H groups in total. The van der Waals surface area contributed by atoms with E-state index in [1.165, 1.54) is 16.8 Å². The first-order chi connectivity index (χ1) is 9.36. The molecule has 1 aliphatic heterocycles. The molecular weight excluding hydrogens is 254 g/mol. The zero-order valence-corrected chi connectivity index (χ0v) is 11.8. The lowest BCUT2D eigenvalue weighted by Crippen LogP contribution is -2.07. The number of benzene rings is 1. The first kappa shape index (κ1) is 12.5.